The van der Waals surface area contributed by atoms with Crippen LogP contribution in [0.15, 0.2) is 0 Å². The van der Waals surface area contributed by atoms with Gasteiger partial charge >= 0.3 is 5.97 Å². The second-order valence-electron chi connectivity index (χ2n) is 3.56. The molecule has 2 N–H and O–H groups in total. The van der Waals surface area contributed by atoms with E-state index >= 15 is 0 Å². The van der Waals surface area contributed by atoms with Crippen LogP contribution >= 0.6 is 0 Å². The van der Waals surface area contributed by atoms with Gasteiger partial charge in [-0.3, -0.25) is 4.90 Å². The predicted octanol–water partition coefficient (Wildman–Crippen LogP) is 0.967. The summed E-state index contributed by atoms with van der Waals surface area (Å²) in [6, 6.07) is 0. The predicted molar refractivity (Wildman–Crippen MR) is 47.7 cm³/mol. The van der Waals surface area contributed by atoms with E-state index in [1.807, 2.05) is 14.0 Å². The SMILES string of the molecule is Cc1[nH]c2c(c1C(=O)O)CN(C)C2. The summed E-state index contributed by atoms with van der Waals surface area (Å²) >= 11 is 0. The molecule has 0 fully saturated rings. The van der Waals surface area contributed by atoms with Gasteiger partial charge in [-0.1, -0.05) is 0 Å². The van der Waals surface area contributed by atoms with E-state index in [1.165, 1.54) is 0 Å². The molecule has 0 aliphatic carbocycles. The fourth-order valence-corrected chi connectivity index (χ4v) is 1.94. The monoisotopic (exact) mass is 180 g/mol. The molecule has 0 unspecified atom stereocenters. The maximum Gasteiger partial charge on any atom is 0.337 e. The highest BCUT2D eigenvalue weighted by Crippen LogP contribution is 2.26. The van der Waals surface area contributed by atoms with Gasteiger partial charge in [0.05, 0.1) is 5.56 Å². The van der Waals surface area contributed by atoms with Crippen molar-refractivity contribution in [1.29, 1.82) is 0 Å². The molecule has 4 nitrogen and oxygen atoms in total. The molecule has 0 aromatic carbocycles. The van der Waals surface area contributed by atoms with Crippen molar-refractivity contribution >= 4 is 5.97 Å². The molecule has 13 heavy (non-hydrogen) atoms. The van der Waals surface area contributed by atoms with Crippen LogP contribution in [0.25, 0.3) is 0 Å². The standard InChI is InChI=1S/C9H12N2O2/c1-5-8(9(12)13)6-3-11(2)4-7(6)10-5/h10H,3-4H2,1-2H3,(H,12,13). The number of hydrogen-bond donors (Lipinski definition) is 2. The Morgan fingerprint density at radius 2 is 2.23 bits per heavy atom. The average Bonchev–Trinajstić information content (AvgIpc) is 2.41. The molecule has 0 saturated carbocycles. The summed E-state index contributed by atoms with van der Waals surface area (Å²) in [5, 5.41) is 8.97. The summed E-state index contributed by atoms with van der Waals surface area (Å²) in [6.07, 6.45) is 0. The molecule has 0 radical (unpaired) electrons. The Morgan fingerprint density at radius 1 is 1.54 bits per heavy atom. The molecular formula is C9H12N2O2. The Labute approximate surface area is 76.2 Å². The number of nitrogens with one attached hydrogen (secondary N) is 1. The van der Waals surface area contributed by atoms with Crippen LogP contribution in [0.1, 0.15) is 27.3 Å². The Hall–Kier alpha value is -1.29. The number of carbonyl (C=O) groups is 1. The highest BCUT2D eigenvalue weighted by Gasteiger charge is 2.26. The molecule has 2 heterocycles. The first-order valence-electron chi connectivity index (χ1n) is 4.21. The molecular weight excluding hydrogens is 168 g/mol. The quantitative estimate of drug-likeness (QED) is 0.677. The normalized spacial score (nSPS) is 16.2. The number of carboxylic acids is 1. The van der Waals surface area contributed by atoms with Crippen LogP contribution in [-0.4, -0.2) is 28.0 Å². The van der Waals surface area contributed by atoms with E-state index in [4.69, 9.17) is 5.11 Å². The summed E-state index contributed by atoms with van der Waals surface area (Å²) < 4.78 is 0. The molecule has 0 bridgehead atoms. The third kappa shape index (κ3) is 1.14. The number of H-pyrrole nitrogens is 1. The van der Waals surface area contributed by atoms with Crippen LogP contribution in [0.2, 0.25) is 0 Å². The molecule has 0 saturated heterocycles. The van der Waals surface area contributed by atoms with Crippen LogP contribution in [0, 0.1) is 6.92 Å². The number of aromatic nitrogens is 1. The van der Waals surface area contributed by atoms with Crippen LogP contribution in [0.4, 0.5) is 0 Å². The van der Waals surface area contributed by atoms with Gasteiger partial charge in [0.15, 0.2) is 0 Å². The first-order valence-corrected chi connectivity index (χ1v) is 4.21. The molecule has 0 amide bonds. The van der Waals surface area contributed by atoms with Gasteiger partial charge in [0.25, 0.3) is 0 Å². The van der Waals surface area contributed by atoms with Gasteiger partial charge in [0.1, 0.15) is 0 Å². The smallest absolute Gasteiger partial charge is 0.337 e. The van der Waals surface area contributed by atoms with Crippen molar-refractivity contribution in [2.24, 2.45) is 0 Å². The molecule has 0 atom stereocenters. The van der Waals surface area contributed by atoms with Gasteiger partial charge in [0, 0.05) is 30.0 Å². The van der Waals surface area contributed by atoms with Crippen LogP contribution in [-0.2, 0) is 13.1 Å². The lowest BCUT2D eigenvalue weighted by atomic mass is 10.1. The fourth-order valence-electron chi connectivity index (χ4n) is 1.94. The van der Waals surface area contributed by atoms with E-state index in [0.717, 1.165) is 30.0 Å². The summed E-state index contributed by atoms with van der Waals surface area (Å²) in [4.78, 5) is 16.1. The van der Waals surface area contributed by atoms with Crippen molar-refractivity contribution in [2.45, 2.75) is 20.0 Å². The van der Waals surface area contributed by atoms with Crippen molar-refractivity contribution in [3.63, 3.8) is 0 Å². The third-order valence-electron chi connectivity index (χ3n) is 2.45. The molecule has 1 aromatic heterocycles. The molecule has 70 valence electrons. The summed E-state index contributed by atoms with van der Waals surface area (Å²) in [6.45, 7) is 3.37. The van der Waals surface area contributed by atoms with E-state index in [9.17, 15) is 4.79 Å². The zero-order valence-corrected chi connectivity index (χ0v) is 7.72. The Kier molecular flexibility index (Phi) is 1.66. The zero-order chi connectivity index (χ0) is 9.59. The Bertz CT molecular complexity index is 368. The lowest BCUT2D eigenvalue weighted by Crippen LogP contribution is -2.10. The van der Waals surface area contributed by atoms with E-state index in [2.05, 4.69) is 9.88 Å². The second kappa shape index (κ2) is 2.60. The van der Waals surface area contributed by atoms with Gasteiger partial charge in [-0.2, -0.15) is 0 Å². The average molecular weight is 180 g/mol. The van der Waals surface area contributed by atoms with E-state index in [-0.39, 0.29) is 0 Å². The van der Waals surface area contributed by atoms with Crippen molar-refractivity contribution in [1.82, 2.24) is 9.88 Å². The molecule has 1 aliphatic rings. The summed E-state index contributed by atoms with van der Waals surface area (Å²) in [5.41, 5.74) is 3.23. The zero-order valence-electron chi connectivity index (χ0n) is 7.72. The molecule has 2 rings (SSSR count). The van der Waals surface area contributed by atoms with Gasteiger partial charge in [-0.05, 0) is 14.0 Å². The van der Waals surface area contributed by atoms with Gasteiger partial charge in [-0.15, -0.1) is 0 Å². The first-order chi connectivity index (χ1) is 6.09. The molecule has 4 heteroatoms. The summed E-state index contributed by atoms with van der Waals surface area (Å²) in [7, 11) is 1.98. The van der Waals surface area contributed by atoms with Crippen LogP contribution < -0.4 is 0 Å². The lowest BCUT2D eigenvalue weighted by Gasteiger charge is -2.05. The number of aromatic carboxylic acids is 1. The van der Waals surface area contributed by atoms with Gasteiger partial charge < -0.3 is 10.1 Å². The van der Waals surface area contributed by atoms with Gasteiger partial charge in [0.2, 0.25) is 0 Å². The maximum atomic E-state index is 10.9. The second-order valence-corrected chi connectivity index (χ2v) is 3.56. The first kappa shape index (κ1) is 8.31. The minimum Gasteiger partial charge on any atom is -0.478 e. The van der Waals surface area contributed by atoms with Crippen LogP contribution in [0.3, 0.4) is 0 Å². The van der Waals surface area contributed by atoms with Crippen molar-refractivity contribution in [2.75, 3.05) is 7.05 Å². The number of rotatable bonds is 1. The number of nitrogens with zero attached hydrogens (tertiary/aromatic N) is 1. The molecule has 1 aromatic rings. The number of carboxylic acid groups (broad SMARTS) is 1. The van der Waals surface area contributed by atoms with Crippen molar-refractivity contribution < 1.29 is 9.90 Å². The third-order valence-corrected chi connectivity index (χ3v) is 2.45. The van der Waals surface area contributed by atoms with E-state index in [1.54, 1.807) is 0 Å². The number of fused-ring (bicyclic) bond motifs is 1. The van der Waals surface area contributed by atoms with E-state index in [0.29, 0.717) is 5.56 Å². The minimum absolute atomic E-state index is 0.458. The number of aryl methyl sites for hydroxylation is 1. The lowest BCUT2D eigenvalue weighted by molar-refractivity contribution is 0.0694. The number of aromatic amines is 1. The van der Waals surface area contributed by atoms with Gasteiger partial charge in [-0.25, -0.2) is 4.79 Å². The minimum atomic E-state index is -0.828. The summed E-state index contributed by atoms with van der Waals surface area (Å²) in [5.74, 6) is -0.828. The Balaban J connectivity index is 2.52. The highest BCUT2D eigenvalue weighted by atomic mass is 16.4. The van der Waals surface area contributed by atoms with Crippen molar-refractivity contribution in [3.8, 4) is 0 Å². The maximum absolute atomic E-state index is 10.9. The molecule has 1 aliphatic heterocycles. The van der Waals surface area contributed by atoms with Crippen molar-refractivity contribution in [3.05, 3.63) is 22.5 Å². The molecule has 0 spiro atoms. The fraction of sp³-hybridized carbons (Fsp3) is 0.444. The van der Waals surface area contributed by atoms with Crippen LogP contribution in [0.5, 0.6) is 0 Å². The van der Waals surface area contributed by atoms with E-state index < -0.39 is 5.97 Å². The topological polar surface area (TPSA) is 56.3 Å². The number of hydrogen-bond acceptors (Lipinski definition) is 2. The Morgan fingerprint density at radius 3 is 2.85 bits per heavy atom. The largest absolute Gasteiger partial charge is 0.478 e. The highest BCUT2D eigenvalue weighted by molar-refractivity contribution is 5.91.